The van der Waals surface area contributed by atoms with E-state index in [0.717, 1.165) is 5.56 Å². The van der Waals surface area contributed by atoms with Crippen LogP contribution >= 0.6 is 0 Å². The van der Waals surface area contributed by atoms with E-state index in [1.54, 1.807) is 31.2 Å². The smallest absolute Gasteiger partial charge is 0.272 e. The molecule has 0 aliphatic rings. The van der Waals surface area contributed by atoms with E-state index in [-0.39, 0.29) is 17.5 Å². The molecule has 2 aromatic carbocycles. The van der Waals surface area contributed by atoms with E-state index in [0.29, 0.717) is 16.7 Å². The number of nitrogens with one attached hydrogen (secondary N) is 2. The first-order valence-corrected chi connectivity index (χ1v) is 9.14. The molecule has 0 aliphatic heterocycles. The minimum Gasteiger partial charge on any atom is -0.340 e. The third-order valence-electron chi connectivity index (χ3n) is 4.37. The molecule has 0 heterocycles. The molecule has 2 rings (SSSR count). The van der Waals surface area contributed by atoms with E-state index < -0.39 is 16.9 Å². The molecule has 8 heteroatoms. The average Bonchev–Trinajstić information content (AvgIpc) is 2.67. The summed E-state index contributed by atoms with van der Waals surface area (Å²) < 4.78 is 0. The summed E-state index contributed by atoms with van der Waals surface area (Å²) in [6, 6.07) is 10.9. The van der Waals surface area contributed by atoms with E-state index in [1.165, 1.54) is 12.3 Å². The first kappa shape index (κ1) is 21.7. The average molecular weight is 396 g/mol. The molecule has 2 N–H and O–H groups in total. The molecule has 152 valence electrons. The van der Waals surface area contributed by atoms with Gasteiger partial charge in [0.1, 0.15) is 6.04 Å². The van der Waals surface area contributed by atoms with E-state index in [2.05, 4.69) is 15.8 Å². The van der Waals surface area contributed by atoms with E-state index in [9.17, 15) is 19.7 Å². The van der Waals surface area contributed by atoms with Gasteiger partial charge in [-0.3, -0.25) is 19.7 Å². The van der Waals surface area contributed by atoms with Crippen molar-refractivity contribution in [2.24, 2.45) is 11.0 Å². The fraction of sp³-hybridized carbons (Fsp3) is 0.286. The number of hydrogen-bond acceptors (Lipinski definition) is 5. The maximum absolute atomic E-state index is 12.5. The minimum atomic E-state index is -0.784. The molecule has 0 aromatic heterocycles. The molecule has 0 saturated heterocycles. The molecule has 1 atom stereocenters. The largest absolute Gasteiger partial charge is 0.340 e. The van der Waals surface area contributed by atoms with Gasteiger partial charge in [0.2, 0.25) is 0 Å². The van der Waals surface area contributed by atoms with Crippen LogP contribution in [0, 0.1) is 29.9 Å². The van der Waals surface area contributed by atoms with Crippen LogP contribution in [0.3, 0.4) is 0 Å². The molecule has 0 fully saturated rings. The maximum Gasteiger partial charge on any atom is 0.272 e. The number of nitrogens with zero attached hydrogens (tertiary/aromatic N) is 2. The predicted octanol–water partition coefficient (Wildman–Crippen LogP) is 3.12. The number of benzene rings is 2. The van der Waals surface area contributed by atoms with Gasteiger partial charge in [0.25, 0.3) is 17.5 Å². The third-order valence-corrected chi connectivity index (χ3v) is 4.37. The van der Waals surface area contributed by atoms with Gasteiger partial charge >= 0.3 is 0 Å². The van der Waals surface area contributed by atoms with Crippen LogP contribution in [0.2, 0.25) is 0 Å². The van der Waals surface area contributed by atoms with Crippen molar-refractivity contribution >= 4 is 23.7 Å². The van der Waals surface area contributed by atoms with Gasteiger partial charge in [-0.15, -0.1) is 0 Å². The van der Waals surface area contributed by atoms with Gasteiger partial charge in [-0.2, -0.15) is 5.10 Å². The highest BCUT2D eigenvalue weighted by Gasteiger charge is 2.24. The Kier molecular flexibility index (Phi) is 7.19. The molecule has 0 bridgehead atoms. The molecule has 2 amide bonds. The van der Waals surface area contributed by atoms with Gasteiger partial charge in [-0.05, 0) is 31.9 Å². The lowest BCUT2D eigenvalue weighted by atomic mass is 10.0. The Bertz CT molecular complexity index is 936. The molecule has 0 saturated carbocycles. The van der Waals surface area contributed by atoms with Gasteiger partial charge in [0.15, 0.2) is 0 Å². The van der Waals surface area contributed by atoms with Gasteiger partial charge in [0.05, 0.1) is 11.1 Å². The van der Waals surface area contributed by atoms with Crippen molar-refractivity contribution in [3.05, 3.63) is 74.8 Å². The Morgan fingerprint density at radius 3 is 2.34 bits per heavy atom. The Morgan fingerprint density at radius 2 is 1.76 bits per heavy atom. The molecule has 0 aliphatic carbocycles. The molecule has 0 radical (unpaired) electrons. The standard InChI is InChI=1S/C21H24N4O4/c1-13(2)19(23-20(26)17-9-5-14(3)6-10-17)21(27)24-22-12-16-8-7-15(4)18(11-16)25(28)29/h5-13,19H,1-4H3,(H,23,26)(H,24,27)/b22-12-. The quantitative estimate of drug-likeness (QED) is 0.425. The van der Waals surface area contributed by atoms with Crippen LogP contribution in [0.4, 0.5) is 5.69 Å². The number of carbonyl (C=O) groups excluding carboxylic acids is 2. The molecule has 2 aromatic rings. The second-order valence-corrected chi connectivity index (χ2v) is 7.10. The third kappa shape index (κ3) is 5.97. The van der Waals surface area contributed by atoms with Crippen molar-refractivity contribution in [1.82, 2.24) is 10.7 Å². The SMILES string of the molecule is Cc1ccc(C(=O)NC(C(=O)N/N=C\c2ccc(C)c([N+](=O)[O-])c2)C(C)C)cc1. The zero-order valence-electron chi connectivity index (χ0n) is 16.8. The number of carbonyl (C=O) groups is 2. The minimum absolute atomic E-state index is 0.0225. The van der Waals surface area contributed by atoms with Crippen LogP contribution in [-0.4, -0.2) is 29.0 Å². The zero-order valence-corrected chi connectivity index (χ0v) is 16.8. The van der Waals surface area contributed by atoms with E-state index >= 15 is 0 Å². The van der Waals surface area contributed by atoms with Crippen LogP contribution in [0.25, 0.3) is 0 Å². The van der Waals surface area contributed by atoms with Gasteiger partial charge in [-0.25, -0.2) is 5.43 Å². The maximum atomic E-state index is 12.5. The number of nitro groups is 1. The van der Waals surface area contributed by atoms with Crippen molar-refractivity contribution in [2.75, 3.05) is 0 Å². The summed E-state index contributed by atoms with van der Waals surface area (Å²) in [6.07, 6.45) is 1.32. The fourth-order valence-corrected chi connectivity index (χ4v) is 2.61. The van der Waals surface area contributed by atoms with Gasteiger partial charge in [0, 0.05) is 22.8 Å². The highest BCUT2D eigenvalue weighted by atomic mass is 16.6. The van der Waals surface area contributed by atoms with Crippen molar-refractivity contribution in [3.63, 3.8) is 0 Å². The summed E-state index contributed by atoms with van der Waals surface area (Å²) in [5.41, 5.74) is 4.88. The summed E-state index contributed by atoms with van der Waals surface area (Å²) in [5.74, 6) is -0.990. The number of nitro benzene ring substituents is 1. The van der Waals surface area contributed by atoms with E-state index in [4.69, 9.17) is 0 Å². The highest BCUT2D eigenvalue weighted by molar-refractivity contribution is 5.97. The molecule has 8 nitrogen and oxygen atoms in total. The van der Waals surface area contributed by atoms with Crippen LogP contribution in [0.5, 0.6) is 0 Å². The fourth-order valence-electron chi connectivity index (χ4n) is 2.61. The first-order chi connectivity index (χ1) is 13.7. The normalized spacial score (nSPS) is 12.0. The van der Waals surface area contributed by atoms with Crippen molar-refractivity contribution in [3.8, 4) is 0 Å². The molecular weight excluding hydrogens is 372 g/mol. The number of rotatable bonds is 7. The summed E-state index contributed by atoms with van der Waals surface area (Å²) >= 11 is 0. The van der Waals surface area contributed by atoms with Crippen LogP contribution in [0.1, 0.15) is 40.9 Å². The lowest BCUT2D eigenvalue weighted by molar-refractivity contribution is -0.385. The van der Waals surface area contributed by atoms with Gasteiger partial charge in [-0.1, -0.05) is 43.7 Å². The summed E-state index contributed by atoms with van der Waals surface area (Å²) in [4.78, 5) is 35.4. The predicted molar refractivity (Wildman–Crippen MR) is 111 cm³/mol. The zero-order chi connectivity index (χ0) is 21.6. The van der Waals surface area contributed by atoms with Crippen LogP contribution in [0.15, 0.2) is 47.6 Å². The number of aryl methyl sites for hydroxylation is 2. The molecule has 1 unspecified atom stereocenters. The van der Waals surface area contributed by atoms with E-state index in [1.807, 2.05) is 32.9 Å². The second kappa shape index (κ2) is 9.59. The number of amides is 2. The summed E-state index contributed by atoms with van der Waals surface area (Å²) in [7, 11) is 0. The lowest BCUT2D eigenvalue weighted by Crippen LogP contribution is -2.48. The number of hydrogen-bond donors (Lipinski definition) is 2. The highest BCUT2D eigenvalue weighted by Crippen LogP contribution is 2.18. The number of hydrazone groups is 1. The van der Waals surface area contributed by atoms with Crippen LogP contribution < -0.4 is 10.7 Å². The molecular formula is C21H24N4O4. The topological polar surface area (TPSA) is 114 Å². The second-order valence-electron chi connectivity index (χ2n) is 7.10. The van der Waals surface area contributed by atoms with Crippen molar-refractivity contribution in [2.45, 2.75) is 33.7 Å². The van der Waals surface area contributed by atoms with Gasteiger partial charge < -0.3 is 5.32 Å². The summed E-state index contributed by atoms with van der Waals surface area (Å²) in [6.45, 7) is 7.19. The Labute approximate surface area is 169 Å². The summed E-state index contributed by atoms with van der Waals surface area (Å²) in [5, 5.41) is 17.6. The van der Waals surface area contributed by atoms with Crippen molar-refractivity contribution < 1.29 is 14.5 Å². The van der Waals surface area contributed by atoms with Crippen LogP contribution in [-0.2, 0) is 4.79 Å². The molecule has 0 spiro atoms. The Morgan fingerprint density at radius 1 is 1.10 bits per heavy atom. The molecule has 29 heavy (non-hydrogen) atoms. The first-order valence-electron chi connectivity index (χ1n) is 9.14. The van der Waals surface area contributed by atoms with Crippen molar-refractivity contribution in [1.29, 1.82) is 0 Å². The Balaban J connectivity index is 2.05. The monoisotopic (exact) mass is 396 g/mol. The lowest BCUT2D eigenvalue weighted by Gasteiger charge is -2.20. The Hall–Kier alpha value is -3.55.